The molecule has 31 heavy (non-hydrogen) atoms. The third-order valence-corrected chi connectivity index (χ3v) is 6.25. The van der Waals surface area contributed by atoms with Crippen LogP contribution in [0.15, 0.2) is 88.8 Å². The fourth-order valence-corrected chi connectivity index (χ4v) is 4.65. The number of hydrogen-bond acceptors (Lipinski definition) is 4. The van der Waals surface area contributed by atoms with Gasteiger partial charge in [-0.25, -0.2) is 4.99 Å². The molecule has 0 atom stereocenters. The molecule has 5 nitrogen and oxygen atoms in total. The molecule has 2 aliphatic heterocycles. The Bertz CT molecular complexity index is 1250. The van der Waals surface area contributed by atoms with E-state index < -0.39 is 0 Å². The molecule has 7 heteroatoms. The first-order chi connectivity index (χ1) is 15.1. The summed E-state index contributed by atoms with van der Waals surface area (Å²) in [6.07, 6.45) is 0. The molecule has 0 bridgehead atoms. The molecule has 2 heterocycles. The third kappa shape index (κ3) is 3.76. The molecular weight excluding hydrogens is 430 g/mol. The highest BCUT2D eigenvalue weighted by Crippen LogP contribution is 2.43. The van der Waals surface area contributed by atoms with Crippen molar-refractivity contribution >= 4 is 57.3 Å². The zero-order valence-electron chi connectivity index (χ0n) is 16.2. The number of aliphatic imine (C=N–C) groups is 1. The second kappa shape index (κ2) is 8.06. The number of benzene rings is 3. The quantitative estimate of drug-likeness (QED) is 0.567. The van der Waals surface area contributed by atoms with Crippen LogP contribution in [-0.4, -0.2) is 17.0 Å². The smallest absolute Gasteiger partial charge is 0.264 e. The second-order valence-electron chi connectivity index (χ2n) is 7.05. The number of nitrogens with one attached hydrogen (secondary N) is 1. The molecule has 0 radical (unpaired) electrons. The number of anilines is 1. The van der Waals surface area contributed by atoms with E-state index in [9.17, 15) is 9.59 Å². The number of fused-ring (bicyclic) bond motifs is 1. The Morgan fingerprint density at radius 2 is 1.61 bits per heavy atom. The van der Waals surface area contributed by atoms with Gasteiger partial charge in [0.25, 0.3) is 11.8 Å². The topological polar surface area (TPSA) is 61.8 Å². The van der Waals surface area contributed by atoms with Crippen LogP contribution in [0, 0.1) is 0 Å². The van der Waals surface area contributed by atoms with Gasteiger partial charge in [0.15, 0.2) is 5.17 Å². The highest BCUT2D eigenvalue weighted by atomic mass is 35.5. The number of thioether (sulfide) groups is 1. The van der Waals surface area contributed by atoms with Crippen LogP contribution in [0.3, 0.4) is 0 Å². The Labute approximate surface area is 188 Å². The van der Waals surface area contributed by atoms with Crippen molar-refractivity contribution in [3.8, 4) is 0 Å². The highest BCUT2D eigenvalue weighted by Gasteiger charge is 2.39. The minimum absolute atomic E-state index is 0.185. The van der Waals surface area contributed by atoms with Crippen molar-refractivity contribution in [2.45, 2.75) is 6.54 Å². The van der Waals surface area contributed by atoms with Crippen molar-refractivity contribution in [1.82, 2.24) is 5.32 Å². The van der Waals surface area contributed by atoms with Gasteiger partial charge in [-0.1, -0.05) is 60.1 Å². The van der Waals surface area contributed by atoms with E-state index >= 15 is 0 Å². The van der Waals surface area contributed by atoms with Crippen LogP contribution >= 0.6 is 23.4 Å². The lowest BCUT2D eigenvalue weighted by Crippen LogP contribution is -2.26. The number of para-hydroxylation sites is 1. The van der Waals surface area contributed by atoms with Gasteiger partial charge in [-0.3, -0.25) is 9.59 Å². The van der Waals surface area contributed by atoms with Gasteiger partial charge in [0.1, 0.15) is 0 Å². The van der Waals surface area contributed by atoms with Gasteiger partial charge in [-0.05, 0) is 47.7 Å². The number of rotatable bonds is 3. The summed E-state index contributed by atoms with van der Waals surface area (Å²) in [5.74, 6) is -0.507. The average Bonchev–Trinajstić information content (AvgIpc) is 3.27. The number of halogens is 1. The molecule has 0 spiro atoms. The predicted octanol–water partition coefficient (Wildman–Crippen LogP) is 5.15. The summed E-state index contributed by atoms with van der Waals surface area (Å²) in [5, 5.41) is 3.82. The van der Waals surface area contributed by atoms with E-state index in [-0.39, 0.29) is 11.8 Å². The van der Waals surface area contributed by atoms with Gasteiger partial charge >= 0.3 is 0 Å². The Morgan fingerprint density at radius 3 is 2.39 bits per heavy atom. The molecule has 1 fully saturated rings. The van der Waals surface area contributed by atoms with Crippen molar-refractivity contribution in [2.75, 3.05) is 4.90 Å². The number of carbonyl (C=O) groups is 2. The van der Waals surface area contributed by atoms with Crippen LogP contribution in [0.25, 0.3) is 5.57 Å². The third-order valence-electron chi connectivity index (χ3n) is 5.02. The number of nitrogens with zero attached hydrogens (tertiary/aromatic N) is 2. The number of amides is 2. The fraction of sp³-hybridized carbons (Fsp3) is 0.0417. The Balaban J connectivity index is 1.52. The van der Waals surface area contributed by atoms with E-state index in [0.29, 0.717) is 32.9 Å². The number of amidine groups is 1. The zero-order valence-corrected chi connectivity index (χ0v) is 17.8. The Kier molecular flexibility index (Phi) is 5.10. The van der Waals surface area contributed by atoms with E-state index in [1.807, 2.05) is 54.6 Å². The van der Waals surface area contributed by atoms with Crippen molar-refractivity contribution in [1.29, 1.82) is 0 Å². The minimum atomic E-state index is -0.322. The van der Waals surface area contributed by atoms with Gasteiger partial charge in [0, 0.05) is 10.6 Å². The van der Waals surface area contributed by atoms with Crippen molar-refractivity contribution in [3.63, 3.8) is 0 Å². The van der Waals surface area contributed by atoms with Gasteiger partial charge in [-0.2, -0.15) is 0 Å². The van der Waals surface area contributed by atoms with Crippen LogP contribution in [-0.2, 0) is 16.1 Å². The summed E-state index contributed by atoms with van der Waals surface area (Å²) in [7, 11) is 0. The molecule has 1 saturated heterocycles. The standard InChI is InChI=1S/C24H16ClN3O2S/c25-16-10-12-17(13-11-16)26-24-27-22(29)21(31-24)20-18-8-4-5-9-19(18)28(23(20)30)14-15-6-2-1-3-7-15/h1-13H,14H2,(H,26,27,29)/b21-20-. The Morgan fingerprint density at radius 1 is 0.903 bits per heavy atom. The molecule has 1 N–H and O–H groups in total. The molecule has 3 aromatic rings. The number of hydrogen-bond donors (Lipinski definition) is 1. The van der Waals surface area contributed by atoms with Gasteiger partial charge in [-0.15, -0.1) is 0 Å². The van der Waals surface area contributed by atoms with E-state index in [2.05, 4.69) is 10.3 Å². The number of carbonyl (C=O) groups excluding carboxylic acids is 2. The molecule has 3 aromatic carbocycles. The zero-order chi connectivity index (χ0) is 21.4. The van der Waals surface area contributed by atoms with E-state index in [1.165, 1.54) is 11.8 Å². The summed E-state index contributed by atoms with van der Waals surface area (Å²) in [6.45, 7) is 0.436. The lowest BCUT2D eigenvalue weighted by Gasteiger charge is -2.17. The van der Waals surface area contributed by atoms with E-state index in [1.54, 1.807) is 29.2 Å². The van der Waals surface area contributed by atoms with Crippen LogP contribution in [0.2, 0.25) is 5.02 Å². The summed E-state index contributed by atoms with van der Waals surface area (Å²) < 4.78 is 0. The molecule has 2 amide bonds. The lowest BCUT2D eigenvalue weighted by atomic mass is 10.1. The SMILES string of the molecule is O=C1NC(=Nc2ccc(Cl)cc2)S/C1=C1\C(=O)N(Cc2ccccc2)c2ccccc21. The predicted molar refractivity (Wildman–Crippen MR) is 125 cm³/mol. The van der Waals surface area contributed by atoms with Crippen LogP contribution in [0.1, 0.15) is 11.1 Å². The molecule has 152 valence electrons. The van der Waals surface area contributed by atoms with Crippen LogP contribution in [0.4, 0.5) is 11.4 Å². The molecule has 2 aliphatic rings. The fourth-order valence-electron chi connectivity index (χ4n) is 3.59. The molecule has 0 aliphatic carbocycles. The summed E-state index contributed by atoms with van der Waals surface area (Å²) in [5.41, 5.74) is 3.66. The molecule has 0 unspecified atom stereocenters. The molecule has 0 saturated carbocycles. The average molecular weight is 446 g/mol. The Hall–Kier alpha value is -3.35. The van der Waals surface area contributed by atoms with Gasteiger partial charge in [0.2, 0.25) is 0 Å². The van der Waals surface area contributed by atoms with Crippen LogP contribution < -0.4 is 10.2 Å². The van der Waals surface area contributed by atoms with Gasteiger partial charge < -0.3 is 10.2 Å². The van der Waals surface area contributed by atoms with Crippen molar-refractivity contribution in [3.05, 3.63) is 99.9 Å². The maximum Gasteiger partial charge on any atom is 0.264 e. The maximum atomic E-state index is 13.4. The first-order valence-electron chi connectivity index (χ1n) is 9.63. The van der Waals surface area contributed by atoms with Crippen molar-refractivity contribution in [2.24, 2.45) is 4.99 Å². The molecular formula is C24H16ClN3O2S. The minimum Gasteiger partial charge on any atom is -0.303 e. The van der Waals surface area contributed by atoms with E-state index in [4.69, 9.17) is 11.6 Å². The largest absolute Gasteiger partial charge is 0.303 e. The molecule has 5 rings (SSSR count). The van der Waals surface area contributed by atoms with E-state index in [0.717, 1.165) is 16.8 Å². The first kappa shape index (κ1) is 19.6. The van der Waals surface area contributed by atoms with Crippen molar-refractivity contribution < 1.29 is 9.59 Å². The van der Waals surface area contributed by atoms with Gasteiger partial charge in [0.05, 0.1) is 28.4 Å². The maximum absolute atomic E-state index is 13.4. The normalized spacial score (nSPS) is 19.1. The lowest BCUT2D eigenvalue weighted by molar-refractivity contribution is -0.116. The highest BCUT2D eigenvalue weighted by molar-refractivity contribution is 8.18. The monoisotopic (exact) mass is 445 g/mol. The summed E-state index contributed by atoms with van der Waals surface area (Å²) >= 11 is 7.10. The first-order valence-corrected chi connectivity index (χ1v) is 10.8. The molecule has 0 aromatic heterocycles. The van der Waals surface area contributed by atoms with Crippen LogP contribution in [0.5, 0.6) is 0 Å². The second-order valence-corrected chi connectivity index (χ2v) is 8.48. The summed E-state index contributed by atoms with van der Waals surface area (Å²) in [6, 6.07) is 24.4. The summed E-state index contributed by atoms with van der Waals surface area (Å²) in [4.78, 5) is 32.7.